The van der Waals surface area contributed by atoms with Crippen molar-refractivity contribution in [1.82, 2.24) is 9.55 Å². The van der Waals surface area contributed by atoms with Gasteiger partial charge in [0.15, 0.2) is 17.5 Å². The topological polar surface area (TPSA) is 64.4 Å². The van der Waals surface area contributed by atoms with Crippen LogP contribution in [0.2, 0.25) is 0 Å². The maximum absolute atomic E-state index is 12.8. The number of nitrogens with zero attached hydrogens (tertiary/aromatic N) is 3. The van der Waals surface area contributed by atoms with Crippen molar-refractivity contribution in [3.05, 3.63) is 72.1 Å². The van der Waals surface area contributed by atoms with Crippen LogP contribution in [0.4, 0.5) is 5.69 Å². The lowest BCUT2D eigenvalue weighted by Crippen LogP contribution is -2.38. The first-order valence-corrected chi connectivity index (χ1v) is 10.6. The Labute approximate surface area is 173 Å². The monoisotopic (exact) mass is 407 g/mol. The van der Waals surface area contributed by atoms with Gasteiger partial charge in [0.25, 0.3) is 5.91 Å². The molecule has 7 heteroatoms. The van der Waals surface area contributed by atoms with Gasteiger partial charge in [0.1, 0.15) is 0 Å². The van der Waals surface area contributed by atoms with E-state index in [1.54, 1.807) is 9.47 Å². The van der Waals surface area contributed by atoms with Crippen molar-refractivity contribution >= 4 is 29.3 Å². The van der Waals surface area contributed by atoms with Crippen molar-refractivity contribution in [3.63, 3.8) is 0 Å². The minimum Gasteiger partial charge on any atom is -0.451 e. The Kier molecular flexibility index (Phi) is 5.40. The lowest BCUT2D eigenvalue weighted by atomic mass is 10.1. The third-order valence-corrected chi connectivity index (χ3v) is 5.59. The van der Waals surface area contributed by atoms with Crippen molar-refractivity contribution in [2.75, 3.05) is 17.8 Å². The third-order valence-electron chi connectivity index (χ3n) is 4.94. The molecule has 0 fully saturated rings. The summed E-state index contributed by atoms with van der Waals surface area (Å²) in [6.07, 6.45) is 4.18. The van der Waals surface area contributed by atoms with Crippen LogP contribution in [0.1, 0.15) is 23.0 Å². The number of aromatic nitrogens is 2. The molecule has 2 aromatic carbocycles. The Morgan fingerprint density at radius 2 is 1.86 bits per heavy atom. The summed E-state index contributed by atoms with van der Waals surface area (Å²) in [4.78, 5) is 31.6. The summed E-state index contributed by atoms with van der Waals surface area (Å²) in [7, 11) is 0. The highest BCUT2D eigenvalue weighted by molar-refractivity contribution is 7.98. The Bertz CT molecular complexity index is 1050. The minimum atomic E-state index is -0.574. The molecule has 4 rings (SSSR count). The second-order valence-corrected chi connectivity index (χ2v) is 7.60. The number of rotatable bonds is 5. The zero-order valence-electron chi connectivity index (χ0n) is 16.2. The summed E-state index contributed by atoms with van der Waals surface area (Å²) in [5, 5.41) is 0.677. The Hall–Kier alpha value is -3.06. The van der Waals surface area contributed by atoms with Gasteiger partial charge in [0, 0.05) is 17.4 Å². The summed E-state index contributed by atoms with van der Waals surface area (Å²) >= 11 is 1.43. The standard InChI is InChI=1S/C22H21N3O3S/c1-15-12-16-8-6-7-11-18(16)24(15)20(26)14-28-21(27)19-13-23-22(29-2)25(19)17-9-4-3-5-10-17/h3-11,13,15H,12,14H2,1-2H3. The maximum atomic E-state index is 12.8. The van der Waals surface area contributed by atoms with Gasteiger partial charge in [-0.2, -0.15) is 0 Å². The molecule has 1 aliphatic rings. The van der Waals surface area contributed by atoms with Crippen molar-refractivity contribution in [1.29, 1.82) is 0 Å². The van der Waals surface area contributed by atoms with E-state index in [-0.39, 0.29) is 18.6 Å². The van der Waals surface area contributed by atoms with E-state index in [1.165, 1.54) is 18.0 Å². The molecule has 6 nitrogen and oxygen atoms in total. The second kappa shape index (κ2) is 8.13. The quantitative estimate of drug-likeness (QED) is 0.476. The molecule has 0 aliphatic carbocycles. The van der Waals surface area contributed by atoms with Crippen LogP contribution in [0.15, 0.2) is 66.0 Å². The molecule has 1 aromatic heterocycles. The molecule has 0 N–H and O–H groups in total. The lowest BCUT2D eigenvalue weighted by Gasteiger charge is -2.22. The number of anilines is 1. The highest BCUT2D eigenvalue weighted by atomic mass is 32.2. The molecule has 1 unspecified atom stereocenters. The van der Waals surface area contributed by atoms with E-state index in [4.69, 9.17) is 4.74 Å². The first-order valence-electron chi connectivity index (χ1n) is 9.34. The van der Waals surface area contributed by atoms with Crippen molar-refractivity contribution in [2.24, 2.45) is 0 Å². The van der Waals surface area contributed by atoms with Gasteiger partial charge in [0.05, 0.1) is 6.20 Å². The van der Waals surface area contributed by atoms with Crippen molar-refractivity contribution in [2.45, 2.75) is 24.5 Å². The molecule has 2 heterocycles. The van der Waals surface area contributed by atoms with E-state index in [0.717, 1.165) is 23.4 Å². The minimum absolute atomic E-state index is 0.0385. The molecule has 1 amide bonds. The highest BCUT2D eigenvalue weighted by Crippen LogP contribution is 2.31. The van der Waals surface area contributed by atoms with E-state index in [0.29, 0.717) is 10.9 Å². The Morgan fingerprint density at radius 1 is 1.14 bits per heavy atom. The SMILES string of the molecule is CSc1ncc(C(=O)OCC(=O)N2c3ccccc3CC2C)n1-c1ccccc1. The first-order chi connectivity index (χ1) is 14.1. The maximum Gasteiger partial charge on any atom is 0.357 e. The van der Waals surface area contributed by atoms with Gasteiger partial charge in [-0.1, -0.05) is 48.2 Å². The molecule has 29 heavy (non-hydrogen) atoms. The number of fused-ring (bicyclic) bond motifs is 1. The average molecular weight is 407 g/mol. The van der Waals surface area contributed by atoms with E-state index >= 15 is 0 Å². The summed E-state index contributed by atoms with van der Waals surface area (Å²) < 4.78 is 7.13. The van der Waals surface area contributed by atoms with Crippen LogP contribution in [0.5, 0.6) is 0 Å². The molecule has 3 aromatic rings. The van der Waals surface area contributed by atoms with Crippen LogP contribution in [0, 0.1) is 0 Å². The number of benzene rings is 2. The van der Waals surface area contributed by atoms with E-state index in [1.807, 2.05) is 67.8 Å². The molecule has 0 bridgehead atoms. The van der Waals surface area contributed by atoms with Crippen LogP contribution < -0.4 is 4.90 Å². The number of esters is 1. The first kappa shape index (κ1) is 19.3. The predicted molar refractivity (Wildman–Crippen MR) is 113 cm³/mol. The number of thioether (sulfide) groups is 1. The van der Waals surface area contributed by atoms with E-state index in [9.17, 15) is 9.59 Å². The molecule has 0 saturated heterocycles. The number of para-hydroxylation sites is 2. The second-order valence-electron chi connectivity index (χ2n) is 6.82. The van der Waals surface area contributed by atoms with Crippen molar-refractivity contribution < 1.29 is 14.3 Å². The molecule has 1 atom stereocenters. The number of carbonyl (C=O) groups excluding carboxylic acids is 2. The van der Waals surface area contributed by atoms with Crippen LogP contribution in [-0.2, 0) is 16.0 Å². The molecular formula is C22H21N3O3S. The molecule has 148 valence electrons. The summed E-state index contributed by atoms with van der Waals surface area (Å²) in [5.74, 6) is -0.804. The zero-order chi connectivity index (χ0) is 20.4. The smallest absolute Gasteiger partial charge is 0.357 e. The lowest BCUT2D eigenvalue weighted by molar-refractivity contribution is -0.122. The summed E-state index contributed by atoms with van der Waals surface area (Å²) in [6.45, 7) is 1.68. The highest BCUT2D eigenvalue weighted by Gasteiger charge is 2.31. The van der Waals surface area contributed by atoms with Crippen LogP contribution in [0.25, 0.3) is 5.69 Å². The van der Waals surface area contributed by atoms with E-state index in [2.05, 4.69) is 4.98 Å². The van der Waals surface area contributed by atoms with Gasteiger partial charge >= 0.3 is 5.97 Å². The molecule has 0 radical (unpaired) electrons. The number of hydrogen-bond donors (Lipinski definition) is 0. The Balaban J connectivity index is 1.51. The largest absolute Gasteiger partial charge is 0.451 e. The van der Waals surface area contributed by atoms with Crippen LogP contribution in [-0.4, -0.2) is 40.3 Å². The van der Waals surface area contributed by atoms with Gasteiger partial charge in [0.2, 0.25) is 0 Å². The zero-order valence-corrected chi connectivity index (χ0v) is 17.1. The average Bonchev–Trinajstić information content (AvgIpc) is 3.32. The van der Waals surface area contributed by atoms with Gasteiger partial charge in [-0.3, -0.25) is 9.36 Å². The third kappa shape index (κ3) is 3.65. The van der Waals surface area contributed by atoms with Gasteiger partial charge in [-0.15, -0.1) is 0 Å². The Morgan fingerprint density at radius 3 is 2.62 bits per heavy atom. The number of carbonyl (C=O) groups is 2. The molecular weight excluding hydrogens is 386 g/mol. The van der Waals surface area contributed by atoms with E-state index < -0.39 is 5.97 Å². The van der Waals surface area contributed by atoms with Crippen LogP contribution >= 0.6 is 11.8 Å². The van der Waals surface area contributed by atoms with Crippen molar-refractivity contribution in [3.8, 4) is 5.69 Å². The molecule has 0 spiro atoms. The predicted octanol–water partition coefficient (Wildman–Crippen LogP) is 3.73. The number of amides is 1. The van der Waals surface area contributed by atoms with Gasteiger partial charge < -0.3 is 9.64 Å². The fraction of sp³-hybridized carbons (Fsp3) is 0.227. The fourth-order valence-electron chi connectivity index (χ4n) is 3.67. The van der Waals surface area contributed by atoms with Gasteiger partial charge in [-0.05, 0) is 43.4 Å². The number of imidazole rings is 1. The number of hydrogen-bond acceptors (Lipinski definition) is 5. The summed E-state index contributed by atoms with van der Waals surface area (Å²) in [5.41, 5.74) is 3.13. The molecule has 0 saturated carbocycles. The number of ether oxygens (including phenoxy) is 1. The van der Waals surface area contributed by atoms with Gasteiger partial charge in [-0.25, -0.2) is 9.78 Å². The normalized spacial score (nSPS) is 15.2. The fourth-order valence-corrected chi connectivity index (χ4v) is 4.21. The van der Waals surface area contributed by atoms with Crippen LogP contribution in [0.3, 0.4) is 0 Å². The summed E-state index contributed by atoms with van der Waals surface area (Å²) in [6, 6.07) is 17.3. The molecule has 1 aliphatic heterocycles.